The Morgan fingerprint density at radius 2 is 1.18 bits per heavy atom. The van der Waals surface area contributed by atoms with Crippen LogP contribution in [0.25, 0.3) is 21.8 Å². The van der Waals surface area contributed by atoms with Gasteiger partial charge in [-0.3, -0.25) is 4.90 Å². The zero-order valence-electron chi connectivity index (χ0n) is 30.3. The Bertz CT molecular complexity index is 2140. The molecule has 0 amide bonds. The Hall–Kier alpha value is -4.52. The fourth-order valence-corrected chi connectivity index (χ4v) is 8.57. The monoisotopic (exact) mass is 666 g/mol. The van der Waals surface area contributed by atoms with Crippen molar-refractivity contribution < 1.29 is 9.47 Å². The van der Waals surface area contributed by atoms with Crippen molar-refractivity contribution in [3.8, 4) is 11.5 Å². The van der Waals surface area contributed by atoms with Crippen molar-refractivity contribution in [2.45, 2.75) is 71.8 Å². The van der Waals surface area contributed by atoms with E-state index in [1.165, 1.54) is 66.6 Å². The highest BCUT2D eigenvalue weighted by Crippen LogP contribution is 2.38. The van der Waals surface area contributed by atoms with Crippen molar-refractivity contribution >= 4 is 21.8 Å². The number of nitrogens with zero attached hydrogens (tertiary/aromatic N) is 4. The number of methoxy groups -OCH3 is 2. The molecular weight excluding hydrogens is 617 g/mol. The van der Waals surface area contributed by atoms with Gasteiger partial charge in [0.1, 0.15) is 11.5 Å². The third-order valence-electron chi connectivity index (χ3n) is 11.5. The third-order valence-corrected chi connectivity index (χ3v) is 11.5. The third kappa shape index (κ3) is 6.09. The fraction of sp³-hybridized carbons (Fsp3) is 0.364. The average molecular weight is 667 g/mol. The number of rotatable bonds is 10. The van der Waals surface area contributed by atoms with Crippen LogP contribution in [0.5, 0.6) is 11.5 Å². The molecule has 50 heavy (non-hydrogen) atoms. The molecule has 0 saturated carbocycles. The first-order valence-corrected chi connectivity index (χ1v) is 18.3. The van der Waals surface area contributed by atoms with Gasteiger partial charge in [-0.2, -0.15) is 0 Å². The predicted molar refractivity (Wildman–Crippen MR) is 205 cm³/mol. The van der Waals surface area contributed by atoms with Gasteiger partial charge in [-0.15, -0.1) is 0 Å². The standard InChI is InChI=1S/C44H50N4O2/c1-30-6-16-41-37(26-30)40-29-46(23-21-44(40)47(41)24-18-32-7-12-35(49-4)13-8-32)31(2)34-11-17-42-38(27-34)39-28-45(3)22-20-43(39)48(42)25-19-33-9-14-36(50-5)15-10-33/h6-17,26-27,31H,18-25,28-29H2,1-5H3. The summed E-state index contributed by atoms with van der Waals surface area (Å²) in [6, 6.07) is 31.8. The number of fused-ring (bicyclic) bond motifs is 6. The van der Waals surface area contributed by atoms with Crippen LogP contribution in [0.4, 0.5) is 0 Å². The largest absolute Gasteiger partial charge is 0.497 e. The van der Waals surface area contributed by atoms with E-state index < -0.39 is 0 Å². The summed E-state index contributed by atoms with van der Waals surface area (Å²) in [5.74, 6) is 1.83. The number of hydrogen-bond donors (Lipinski definition) is 0. The molecule has 1 unspecified atom stereocenters. The van der Waals surface area contributed by atoms with Gasteiger partial charge in [0.2, 0.25) is 0 Å². The molecule has 0 fully saturated rings. The molecule has 0 aliphatic carbocycles. The van der Waals surface area contributed by atoms with E-state index in [-0.39, 0.29) is 0 Å². The fourth-order valence-electron chi connectivity index (χ4n) is 8.57. The van der Waals surface area contributed by atoms with Crippen LogP contribution in [0.15, 0.2) is 84.9 Å². The minimum atomic E-state index is 0.328. The molecule has 6 heteroatoms. The average Bonchev–Trinajstić information content (AvgIpc) is 3.63. The van der Waals surface area contributed by atoms with Crippen molar-refractivity contribution in [1.29, 1.82) is 0 Å². The summed E-state index contributed by atoms with van der Waals surface area (Å²) in [4.78, 5) is 5.18. The van der Waals surface area contributed by atoms with Crippen LogP contribution in [0, 0.1) is 6.92 Å². The first kappa shape index (κ1) is 32.7. The van der Waals surface area contributed by atoms with Gasteiger partial charge in [-0.1, -0.05) is 42.0 Å². The van der Waals surface area contributed by atoms with Gasteiger partial charge in [0, 0.05) is 91.3 Å². The number of benzene rings is 4. The number of hydrogen-bond acceptors (Lipinski definition) is 4. The number of aryl methyl sites for hydroxylation is 5. The molecule has 2 aliphatic heterocycles. The molecule has 4 aromatic carbocycles. The number of ether oxygens (including phenoxy) is 2. The second-order valence-corrected chi connectivity index (χ2v) is 14.5. The molecule has 2 aromatic heterocycles. The summed E-state index contributed by atoms with van der Waals surface area (Å²) in [6.45, 7) is 10.8. The van der Waals surface area contributed by atoms with Gasteiger partial charge in [0.25, 0.3) is 0 Å². The van der Waals surface area contributed by atoms with E-state index in [0.717, 1.165) is 76.5 Å². The molecule has 0 N–H and O–H groups in total. The van der Waals surface area contributed by atoms with Crippen LogP contribution in [0.3, 0.4) is 0 Å². The lowest BCUT2D eigenvalue weighted by Gasteiger charge is -2.33. The lowest BCUT2D eigenvalue weighted by molar-refractivity contribution is 0.191. The van der Waals surface area contributed by atoms with Crippen molar-refractivity contribution in [2.75, 3.05) is 34.4 Å². The summed E-state index contributed by atoms with van der Waals surface area (Å²) in [6.07, 6.45) is 4.19. The number of likely N-dealkylation sites (N-methyl/N-ethyl adjacent to an activating group) is 1. The summed E-state index contributed by atoms with van der Waals surface area (Å²) in [5.41, 5.74) is 14.3. The van der Waals surface area contributed by atoms with E-state index >= 15 is 0 Å². The predicted octanol–water partition coefficient (Wildman–Crippen LogP) is 8.51. The van der Waals surface area contributed by atoms with Crippen LogP contribution in [0.1, 0.15) is 57.7 Å². The summed E-state index contributed by atoms with van der Waals surface area (Å²) >= 11 is 0. The highest BCUT2D eigenvalue weighted by Gasteiger charge is 2.29. The zero-order valence-corrected chi connectivity index (χ0v) is 30.3. The van der Waals surface area contributed by atoms with E-state index in [1.54, 1.807) is 14.2 Å². The van der Waals surface area contributed by atoms with Crippen molar-refractivity contribution in [3.63, 3.8) is 0 Å². The highest BCUT2D eigenvalue weighted by atomic mass is 16.5. The second kappa shape index (κ2) is 13.7. The molecule has 8 rings (SSSR count). The van der Waals surface area contributed by atoms with Crippen LogP contribution in [0.2, 0.25) is 0 Å². The van der Waals surface area contributed by atoms with Crippen LogP contribution in [-0.4, -0.2) is 53.3 Å². The molecule has 1 atom stereocenters. The van der Waals surface area contributed by atoms with E-state index in [9.17, 15) is 0 Å². The Kier molecular flexibility index (Phi) is 8.92. The van der Waals surface area contributed by atoms with Crippen LogP contribution < -0.4 is 9.47 Å². The maximum Gasteiger partial charge on any atom is 0.118 e. The molecule has 0 spiro atoms. The zero-order chi connectivity index (χ0) is 34.4. The first-order chi connectivity index (χ1) is 24.4. The minimum absolute atomic E-state index is 0.328. The molecule has 6 nitrogen and oxygen atoms in total. The maximum atomic E-state index is 5.39. The molecule has 2 aliphatic rings. The normalized spacial score (nSPS) is 15.7. The van der Waals surface area contributed by atoms with Gasteiger partial charge in [-0.05, 0) is 110 Å². The van der Waals surface area contributed by atoms with Crippen molar-refractivity contribution in [2.24, 2.45) is 0 Å². The molecule has 0 bridgehead atoms. The second-order valence-electron chi connectivity index (χ2n) is 14.5. The van der Waals surface area contributed by atoms with Crippen LogP contribution in [-0.2, 0) is 51.9 Å². The lowest BCUT2D eigenvalue weighted by Crippen LogP contribution is -2.33. The first-order valence-electron chi connectivity index (χ1n) is 18.3. The molecule has 4 heterocycles. The van der Waals surface area contributed by atoms with Crippen molar-refractivity contribution in [3.05, 3.63) is 130 Å². The Labute approximate surface area is 296 Å². The van der Waals surface area contributed by atoms with E-state index in [2.05, 4.69) is 125 Å². The lowest BCUT2D eigenvalue weighted by atomic mass is 9.97. The van der Waals surface area contributed by atoms with E-state index in [1.807, 2.05) is 0 Å². The van der Waals surface area contributed by atoms with Gasteiger partial charge in [0.05, 0.1) is 14.2 Å². The van der Waals surface area contributed by atoms with Gasteiger partial charge in [-0.25, -0.2) is 0 Å². The summed E-state index contributed by atoms with van der Waals surface area (Å²) in [7, 11) is 5.72. The SMILES string of the molecule is COc1ccc(CCn2c3c(c4cc(C(C)N5CCc6c(c7cc(C)ccc7n6CCc6ccc(OC)cc6)C5)ccc42)CN(C)CC3)cc1. The smallest absolute Gasteiger partial charge is 0.118 e. The van der Waals surface area contributed by atoms with Gasteiger partial charge >= 0.3 is 0 Å². The molecule has 0 saturated heterocycles. The van der Waals surface area contributed by atoms with Crippen molar-refractivity contribution in [1.82, 2.24) is 18.9 Å². The quantitative estimate of drug-likeness (QED) is 0.147. The van der Waals surface area contributed by atoms with Gasteiger partial charge < -0.3 is 23.5 Å². The topological polar surface area (TPSA) is 34.8 Å². The molecule has 0 radical (unpaired) electrons. The van der Waals surface area contributed by atoms with E-state index in [4.69, 9.17) is 9.47 Å². The maximum absolute atomic E-state index is 5.39. The minimum Gasteiger partial charge on any atom is -0.497 e. The summed E-state index contributed by atoms with van der Waals surface area (Å²) in [5, 5.41) is 2.86. The number of aromatic nitrogens is 2. The van der Waals surface area contributed by atoms with Gasteiger partial charge in [0.15, 0.2) is 0 Å². The van der Waals surface area contributed by atoms with Crippen LogP contribution >= 0.6 is 0 Å². The molecule has 258 valence electrons. The molecule has 6 aromatic rings. The van der Waals surface area contributed by atoms with E-state index in [0.29, 0.717) is 6.04 Å². The Morgan fingerprint density at radius 3 is 1.78 bits per heavy atom. The Morgan fingerprint density at radius 1 is 0.640 bits per heavy atom. The summed E-state index contributed by atoms with van der Waals surface area (Å²) < 4.78 is 16.0. The Balaban J connectivity index is 1.07. The highest BCUT2D eigenvalue weighted by molar-refractivity contribution is 5.87. The molecular formula is C44H50N4O2.